The molecule has 0 fully saturated rings. The van der Waals surface area contributed by atoms with E-state index in [0.29, 0.717) is 6.54 Å². The van der Waals surface area contributed by atoms with Crippen LogP contribution in [0.2, 0.25) is 5.02 Å². The van der Waals surface area contributed by atoms with Crippen molar-refractivity contribution in [2.24, 2.45) is 5.73 Å². The minimum atomic E-state index is 0.219. The second-order valence-corrected chi connectivity index (χ2v) is 4.39. The van der Waals surface area contributed by atoms with E-state index in [2.05, 4.69) is 4.98 Å². The number of aromatic nitrogens is 1. The Labute approximate surface area is 106 Å². The molecule has 0 saturated heterocycles. The van der Waals surface area contributed by atoms with Gasteiger partial charge in [0.05, 0.1) is 0 Å². The van der Waals surface area contributed by atoms with Crippen LogP contribution < -0.4 is 5.73 Å². The lowest BCUT2D eigenvalue weighted by Crippen LogP contribution is -2.16. The van der Waals surface area contributed by atoms with E-state index >= 15 is 0 Å². The van der Waals surface area contributed by atoms with E-state index < -0.39 is 0 Å². The average Bonchev–Trinajstić information content (AvgIpc) is 2.39. The van der Waals surface area contributed by atoms with Gasteiger partial charge < -0.3 is 5.73 Å². The molecule has 1 atom stereocenters. The van der Waals surface area contributed by atoms with Crippen LogP contribution in [0.15, 0.2) is 48.7 Å². The molecule has 3 heteroatoms. The summed E-state index contributed by atoms with van der Waals surface area (Å²) in [5.74, 6) is 0.219. The first-order valence-corrected chi connectivity index (χ1v) is 6.03. The van der Waals surface area contributed by atoms with Crippen LogP contribution in [-0.2, 0) is 6.42 Å². The monoisotopic (exact) mass is 246 g/mol. The molecular weight excluding hydrogens is 232 g/mol. The predicted octanol–water partition coefficient (Wildman–Crippen LogP) is 3.02. The van der Waals surface area contributed by atoms with Gasteiger partial charge in [0.15, 0.2) is 0 Å². The van der Waals surface area contributed by atoms with Crippen LogP contribution in [0.5, 0.6) is 0 Å². The fourth-order valence-corrected chi connectivity index (χ4v) is 2.07. The fourth-order valence-electron chi connectivity index (χ4n) is 1.86. The third kappa shape index (κ3) is 3.05. The smallest absolute Gasteiger partial charge is 0.0450 e. The molecule has 0 aliphatic heterocycles. The molecule has 1 aromatic carbocycles. The molecule has 0 bridgehead atoms. The first kappa shape index (κ1) is 12.1. The van der Waals surface area contributed by atoms with Crippen LogP contribution in [0.1, 0.15) is 17.2 Å². The van der Waals surface area contributed by atoms with E-state index in [-0.39, 0.29) is 5.92 Å². The lowest BCUT2D eigenvalue weighted by molar-refractivity contribution is 0.673. The largest absolute Gasteiger partial charge is 0.330 e. The highest BCUT2D eigenvalue weighted by Gasteiger charge is 2.13. The number of rotatable bonds is 4. The zero-order valence-corrected chi connectivity index (χ0v) is 10.3. The molecular formula is C14H15ClN2. The lowest BCUT2D eigenvalue weighted by Gasteiger charge is -2.14. The summed E-state index contributed by atoms with van der Waals surface area (Å²) in [6, 6.07) is 13.8. The van der Waals surface area contributed by atoms with Crippen LogP contribution in [0, 0.1) is 0 Å². The average molecular weight is 247 g/mol. The Morgan fingerprint density at radius 1 is 1.12 bits per heavy atom. The third-order valence-electron chi connectivity index (χ3n) is 2.81. The number of pyridine rings is 1. The van der Waals surface area contributed by atoms with Crippen molar-refractivity contribution in [3.63, 3.8) is 0 Å². The van der Waals surface area contributed by atoms with Gasteiger partial charge in [-0.1, -0.05) is 35.9 Å². The number of nitrogens with zero attached hydrogens (tertiary/aromatic N) is 1. The van der Waals surface area contributed by atoms with Crippen molar-refractivity contribution in [1.82, 2.24) is 4.98 Å². The summed E-state index contributed by atoms with van der Waals surface area (Å²) in [6.07, 6.45) is 2.62. The maximum Gasteiger partial charge on any atom is 0.0450 e. The van der Waals surface area contributed by atoms with Crippen LogP contribution >= 0.6 is 11.6 Å². The molecule has 1 aromatic heterocycles. The topological polar surface area (TPSA) is 38.9 Å². The zero-order valence-electron chi connectivity index (χ0n) is 9.51. The van der Waals surface area contributed by atoms with E-state index in [0.717, 1.165) is 22.7 Å². The molecule has 2 N–H and O–H groups in total. The first-order valence-electron chi connectivity index (χ1n) is 5.65. The molecule has 0 saturated carbocycles. The van der Waals surface area contributed by atoms with Gasteiger partial charge in [-0.15, -0.1) is 0 Å². The Kier molecular flexibility index (Phi) is 4.13. The quantitative estimate of drug-likeness (QED) is 0.901. The predicted molar refractivity (Wildman–Crippen MR) is 71.2 cm³/mol. The van der Waals surface area contributed by atoms with Crippen molar-refractivity contribution in [3.8, 4) is 0 Å². The van der Waals surface area contributed by atoms with E-state index in [1.54, 1.807) is 6.20 Å². The van der Waals surface area contributed by atoms with Crippen molar-refractivity contribution < 1.29 is 0 Å². The molecule has 0 radical (unpaired) electrons. The van der Waals surface area contributed by atoms with Crippen LogP contribution in [0.25, 0.3) is 0 Å². The van der Waals surface area contributed by atoms with Crippen molar-refractivity contribution in [2.45, 2.75) is 12.3 Å². The summed E-state index contributed by atoms with van der Waals surface area (Å²) in [7, 11) is 0. The first-order chi connectivity index (χ1) is 8.31. The third-order valence-corrected chi connectivity index (χ3v) is 3.18. The van der Waals surface area contributed by atoms with E-state index in [1.165, 1.54) is 0 Å². The van der Waals surface area contributed by atoms with Gasteiger partial charge in [0.2, 0.25) is 0 Å². The van der Waals surface area contributed by atoms with Crippen LogP contribution in [0.3, 0.4) is 0 Å². The number of hydrogen-bond acceptors (Lipinski definition) is 2. The number of halogens is 1. The number of benzene rings is 1. The Morgan fingerprint density at radius 3 is 2.53 bits per heavy atom. The van der Waals surface area contributed by atoms with Crippen molar-refractivity contribution in [2.75, 3.05) is 6.54 Å². The summed E-state index contributed by atoms with van der Waals surface area (Å²) in [4.78, 5) is 4.35. The molecule has 0 aliphatic rings. The summed E-state index contributed by atoms with van der Waals surface area (Å²) in [5, 5.41) is 0.793. The molecule has 1 heterocycles. The number of hydrogen-bond donors (Lipinski definition) is 1. The van der Waals surface area contributed by atoms with E-state index in [9.17, 15) is 0 Å². The molecule has 1 unspecified atom stereocenters. The maximum atomic E-state index is 6.15. The van der Waals surface area contributed by atoms with Gasteiger partial charge >= 0.3 is 0 Å². The standard InChI is InChI=1S/C14H15ClN2/c15-13-6-2-1-5-11(13)9-12(10-16)14-7-3-4-8-17-14/h1-8,12H,9-10,16H2. The SMILES string of the molecule is NCC(Cc1ccccc1Cl)c1ccccn1. The molecule has 2 nitrogen and oxygen atoms in total. The summed E-state index contributed by atoms with van der Waals surface area (Å²) < 4.78 is 0. The molecule has 0 amide bonds. The van der Waals surface area contributed by atoms with Crippen molar-refractivity contribution >= 4 is 11.6 Å². The zero-order chi connectivity index (χ0) is 12.1. The van der Waals surface area contributed by atoms with Gasteiger partial charge in [0.25, 0.3) is 0 Å². The fraction of sp³-hybridized carbons (Fsp3) is 0.214. The molecule has 2 aromatic rings. The second-order valence-electron chi connectivity index (χ2n) is 3.98. The number of nitrogens with two attached hydrogens (primary N) is 1. The van der Waals surface area contributed by atoms with Gasteiger partial charge in [-0.2, -0.15) is 0 Å². The summed E-state index contributed by atoms with van der Waals surface area (Å²) in [5.41, 5.74) is 7.96. The highest BCUT2D eigenvalue weighted by molar-refractivity contribution is 6.31. The van der Waals surface area contributed by atoms with Gasteiger partial charge in [-0.3, -0.25) is 4.98 Å². The lowest BCUT2D eigenvalue weighted by atomic mass is 9.96. The molecule has 88 valence electrons. The highest BCUT2D eigenvalue weighted by Crippen LogP contribution is 2.23. The van der Waals surface area contributed by atoms with E-state index in [1.807, 2.05) is 42.5 Å². The molecule has 17 heavy (non-hydrogen) atoms. The van der Waals surface area contributed by atoms with Gasteiger partial charge in [0, 0.05) is 29.4 Å². The molecule has 0 aliphatic carbocycles. The van der Waals surface area contributed by atoms with Crippen molar-refractivity contribution in [3.05, 3.63) is 64.9 Å². The van der Waals surface area contributed by atoms with Crippen LogP contribution in [0.4, 0.5) is 0 Å². The molecule has 0 spiro atoms. The minimum Gasteiger partial charge on any atom is -0.330 e. The van der Waals surface area contributed by atoms with Crippen LogP contribution in [-0.4, -0.2) is 11.5 Å². The second kappa shape index (κ2) is 5.80. The Bertz CT molecular complexity index is 471. The maximum absolute atomic E-state index is 6.15. The Balaban J connectivity index is 2.19. The van der Waals surface area contributed by atoms with Gasteiger partial charge in [0.1, 0.15) is 0 Å². The highest BCUT2D eigenvalue weighted by atomic mass is 35.5. The Hall–Kier alpha value is -1.38. The normalized spacial score (nSPS) is 12.4. The van der Waals surface area contributed by atoms with E-state index in [4.69, 9.17) is 17.3 Å². The van der Waals surface area contributed by atoms with Gasteiger partial charge in [-0.25, -0.2) is 0 Å². The summed E-state index contributed by atoms with van der Waals surface area (Å²) >= 11 is 6.15. The Morgan fingerprint density at radius 2 is 1.88 bits per heavy atom. The van der Waals surface area contributed by atoms with Gasteiger partial charge in [-0.05, 0) is 30.2 Å². The molecule has 2 rings (SSSR count). The summed E-state index contributed by atoms with van der Waals surface area (Å²) in [6.45, 7) is 0.572. The minimum absolute atomic E-state index is 0.219. The van der Waals surface area contributed by atoms with Crippen molar-refractivity contribution in [1.29, 1.82) is 0 Å².